The second-order valence-corrected chi connectivity index (χ2v) is 3.90. The van der Waals surface area contributed by atoms with Crippen LogP contribution < -0.4 is 16.4 Å². The summed E-state index contributed by atoms with van der Waals surface area (Å²) in [5.74, 6) is 0. The zero-order valence-electron chi connectivity index (χ0n) is 9.16. The van der Waals surface area contributed by atoms with Crippen molar-refractivity contribution in [3.63, 3.8) is 0 Å². The molecule has 1 aromatic rings. The van der Waals surface area contributed by atoms with Crippen molar-refractivity contribution in [3.05, 3.63) is 34.9 Å². The Labute approximate surface area is 100 Å². The Balaban J connectivity index is 2.38. The van der Waals surface area contributed by atoms with Gasteiger partial charge in [0.25, 0.3) is 0 Å². The van der Waals surface area contributed by atoms with Crippen molar-refractivity contribution in [2.24, 2.45) is 5.73 Å². The van der Waals surface area contributed by atoms with Crippen LogP contribution in [0.4, 0.5) is 4.79 Å². The first-order valence-corrected chi connectivity index (χ1v) is 5.50. The van der Waals surface area contributed by atoms with Crippen LogP contribution in [-0.4, -0.2) is 19.1 Å². The predicted molar refractivity (Wildman–Crippen MR) is 65.5 cm³/mol. The molecule has 0 saturated heterocycles. The van der Waals surface area contributed by atoms with Crippen LogP contribution in [0, 0.1) is 0 Å². The first-order valence-electron chi connectivity index (χ1n) is 5.12. The number of halogens is 1. The van der Waals surface area contributed by atoms with Crippen LogP contribution in [0.25, 0.3) is 0 Å². The summed E-state index contributed by atoms with van der Waals surface area (Å²) in [4.78, 5) is 10.4. The predicted octanol–water partition coefficient (Wildman–Crippen LogP) is 1.66. The van der Waals surface area contributed by atoms with Crippen molar-refractivity contribution in [1.82, 2.24) is 10.6 Å². The van der Waals surface area contributed by atoms with E-state index in [0.29, 0.717) is 13.1 Å². The van der Waals surface area contributed by atoms with Crippen LogP contribution in [0.1, 0.15) is 18.5 Å². The highest BCUT2D eigenvalue weighted by molar-refractivity contribution is 6.31. The Morgan fingerprint density at radius 1 is 1.44 bits per heavy atom. The number of hydrogen-bond acceptors (Lipinski definition) is 2. The molecule has 1 aromatic carbocycles. The fourth-order valence-electron chi connectivity index (χ4n) is 1.41. The van der Waals surface area contributed by atoms with Crippen LogP contribution in [0.15, 0.2) is 24.3 Å². The third kappa shape index (κ3) is 4.08. The second kappa shape index (κ2) is 6.35. The van der Waals surface area contributed by atoms with E-state index in [-0.39, 0.29) is 6.04 Å². The van der Waals surface area contributed by atoms with Crippen LogP contribution in [-0.2, 0) is 0 Å². The third-order valence-corrected chi connectivity index (χ3v) is 2.59. The van der Waals surface area contributed by atoms with E-state index in [9.17, 15) is 4.79 Å². The van der Waals surface area contributed by atoms with Gasteiger partial charge in [-0.25, -0.2) is 4.79 Å². The maximum Gasteiger partial charge on any atom is 0.312 e. The fraction of sp³-hybridized carbons (Fsp3) is 0.364. The normalized spacial score (nSPS) is 12.1. The van der Waals surface area contributed by atoms with E-state index in [4.69, 9.17) is 17.3 Å². The number of benzene rings is 1. The second-order valence-electron chi connectivity index (χ2n) is 3.49. The average molecular weight is 242 g/mol. The van der Waals surface area contributed by atoms with Crippen LogP contribution in [0.5, 0.6) is 0 Å². The lowest BCUT2D eigenvalue weighted by molar-refractivity contribution is 0.249. The Kier molecular flexibility index (Phi) is 5.08. The molecule has 1 rings (SSSR count). The van der Waals surface area contributed by atoms with Gasteiger partial charge >= 0.3 is 6.03 Å². The van der Waals surface area contributed by atoms with Gasteiger partial charge in [-0.05, 0) is 18.6 Å². The summed E-state index contributed by atoms with van der Waals surface area (Å²) in [7, 11) is 0. The Hall–Kier alpha value is -1.26. The molecule has 88 valence electrons. The van der Waals surface area contributed by atoms with Gasteiger partial charge in [0.05, 0.1) is 0 Å². The minimum atomic E-state index is -0.507. The molecule has 0 fully saturated rings. The molecule has 0 bridgehead atoms. The molecule has 0 aliphatic heterocycles. The summed E-state index contributed by atoms with van der Waals surface area (Å²) in [5, 5.41) is 6.49. The minimum absolute atomic E-state index is 0.142. The van der Waals surface area contributed by atoms with E-state index in [1.54, 1.807) is 0 Å². The summed E-state index contributed by atoms with van der Waals surface area (Å²) in [6.07, 6.45) is 0. The Morgan fingerprint density at radius 2 is 2.12 bits per heavy atom. The van der Waals surface area contributed by atoms with E-state index in [1.165, 1.54) is 0 Å². The number of amides is 2. The van der Waals surface area contributed by atoms with Gasteiger partial charge in [0.15, 0.2) is 0 Å². The van der Waals surface area contributed by atoms with Crippen molar-refractivity contribution in [1.29, 1.82) is 0 Å². The van der Waals surface area contributed by atoms with E-state index >= 15 is 0 Å². The van der Waals surface area contributed by atoms with Crippen LogP contribution >= 0.6 is 11.6 Å². The zero-order chi connectivity index (χ0) is 12.0. The van der Waals surface area contributed by atoms with Gasteiger partial charge < -0.3 is 16.4 Å². The molecule has 4 nitrogen and oxygen atoms in total. The molecule has 16 heavy (non-hydrogen) atoms. The molecule has 5 heteroatoms. The number of primary amides is 1. The summed E-state index contributed by atoms with van der Waals surface area (Å²) >= 11 is 6.05. The van der Waals surface area contributed by atoms with Gasteiger partial charge in [0.2, 0.25) is 0 Å². The molecular weight excluding hydrogens is 226 g/mol. The monoisotopic (exact) mass is 241 g/mol. The highest BCUT2D eigenvalue weighted by atomic mass is 35.5. The minimum Gasteiger partial charge on any atom is -0.352 e. The van der Waals surface area contributed by atoms with Crippen LogP contribution in [0.2, 0.25) is 5.02 Å². The molecule has 0 spiro atoms. The summed E-state index contributed by atoms with van der Waals surface area (Å²) in [6, 6.07) is 7.31. The molecule has 2 amide bonds. The number of nitrogens with one attached hydrogen (secondary N) is 2. The molecule has 0 heterocycles. The van der Waals surface area contributed by atoms with Gasteiger partial charge in [-0.15, -0.1) is 0 Å². The lowest BCUT2D eigenvalue weighted by Crippen LogP contribution is -2.36. The topological polar surface area (TPSA) is 67.2 Å². The largest absolute Gasteiger partial charge is 0.352 e. The van der Waals surface area contributed by atoms with E-state index in [2.05, 4.69) is 10.6 Å². The lowest BCUT2D eigenvalue weighted by Gasteiger charge is -2.15. The molecule has 0 aliphatic carbocycles. The van der Waals surface area contributed by atoms with Crippen molar-refractivity contribution >= 4 is 17.6 Å². The van der Waals surface area contributed by atoms with Crippen LogP contribution in [0.3, 0.4) is 0 Å². The zero-order valence-corrected chi connectivity index (χ0v) is 9.92. The van der Waals surface area contributed by atoms with Gasteiger partial charge in [-0.3, -0.25) is 0 Å². The number of hydrogen-bond donors (Lipinski definition) is 3. The summed E-state index contributed by atoms with van der Waals surface area (Å²) < 4.78 is 0. The number of carbonyl (C=O) groups excluding carboxylic acids is 1. The maximum absolute atomic E-state index is 10.4. The molecular formula is C11H16ClN3O. The van der Waals surface area contributed by atoms with Crippen molar-refractivity contribution < 1.29 is 4.79 Å². The SMILES string of the molecule is CC(NCCNC(N)=O)c1ccccc1Cl. The Morgan fingerprint density at radius 3 is 2.75 bits per heavy atom. The number of urea groups is 1. The number of carbonyl (C=O) groups is 1. The smallest absolute Gasteiger partial charge is 0.312 e. The molecule has 0 aliphatic rings. The maximum atomic E-state index is 10.4. The van der Waals surface area contributed by atoms with E-state index < -0.39 is 6.03 Å². The van der Waals surface area contributed by atoms with Gasteiger partial charge in [-0.1, -0.05) is 29.8 Å². The average Bonchev–Trinajstić information content (AvgIpc) is 2.24. The highest BCUT2D eigenvalue weighted by Crippen LogP contribution is 2.21. The van der Waals surface area contributed by atoms with Gasteiger partial charge in [0.1, 0.15) is 0 Å². The lowest BCUT2D eigenvalue weighted by atomic mass is 10.1. The summed E-state index contributed by atoms with van der Waals surface area (Å²) in [5.41, 5.74) is 5.99. The molecule has 0 saturated carbocycles. The standard InChI is InChI=1S/C11H16ClN3O/c1-8(14-6-7-15-11(13)16)9-4-2-3-5-10(9)12/h2-5,8,14H,6-7H2,1H3,(H3,13,15,16). The Bertz CT molecular complexity index is 357. The number of nitrogens with two attached hydrogens (primary N) is 1. The quantitative estimate of drug-likeness (QED) is 0.687. The fourth-order valence-corrected chi connectivity index (χ4v) is 1.71. The first-order chi connectivity index (χ1) is 7.61. The van der Waals surface area contributed by atoms with Crippen molar-refractivity contribution in [2.75, 3.05) is 13.1 Å². The first kappa shape index (κ1) is 12.8. The molecule has 4 N–H and O–H groups in total. The molecule has 0 aromatic heterocycles. The van der Waals surface area contributed by atoms with Crippen molar-refractivity contribution in [3.8, 4) is 0 Å². The van der Waals surface area contributed by atoms with E-state index in [0.717, 1.165) is 10.6 Å². The van der Waals surface area contributed by atoms with Gasteiger partial charge in [-0.2, -0.15) is 0 Å². The summed E-state index contributed by atoms with van der Waals surface area (Å²) in [6.45, 7) is 3.17. The molecule has 1 unspecified atom stereocenters. The van der Waals surface area contributed by atoms with Gasteiger partial charge in [0, 0.05) is 24.2 Å². The van der Waals surface area contributed by atoms with E-state index in [1.807, 2.05) is 31.2 Å². The van der Waals surface area contributed by atoms with Crippen molar-refractivity contribution in [2.45, 2.75) is 13.0 Å². The number of rotatable bonds is 5. The third-order valence-electron chi connectivity index (χ3n) is 2.25. The highest BCUT2D eigenvalue weighted by Gasteiger charge is 2.07. The molecule has 0 radical (unpaired) electrons. The molecule has 1 atom stereocenters.